The summed E-state index contributed by atoms with van der Waals surface area (Å²) in [5, 5.41) is 2.90. The van der Waals surface area contributed by atoms with Crippen LogP contribution in [0.15, 0.2) is 52.1 Å². The first-order valence-corrected chi connectivity index (χ1v) is 11.0. The molecule has 0 unspecified atom stereocenters. The maximum atomic E-state index is 13.2. The molecule has 0 saturated carbocycles. The number of nitrogens with zero attached hydrogens (tertiary/aromatic N) is 2. The van der Waals surface area contributed by atoms with Crippen molar-refractivity contribution in [2.75, 3.05) is 26.1 Å². The van der Waals surface area contributed by atoms with E-state index < -0.39 is 35.0 Å². The van der Waals surface area contributed by atoms with Crippen molar-refractivity contribution >= 4 is 28.7 Å². The molecule has 1 aromatic heterocycles. The van der Waals surface area contributed by atoms with Gasteiger partial charge in [-0.15, -0.1) is 0 Å². The van der Waals surface area contributed by atoms with Crippen LogP contribution in [0.5, 0.6) is 0 Å². The minimum absolute atomic E-state index is 0.126. The van der Waals surface area contributed by atoms with Crippen LogP contribution >= 0.6 is 0 Å². The van der Waals surface area contributed by atoms with Gasteiger partial charge in [0, 0.05) is 26.2 Å². The molecule has 0 spiro atoms. The molecule has 3 rings (SSSR count). The third-order valence-electron chi connectivity index (χ3n) is 5.21. The fourth-order valence-corrected chi connectivity index (χ4v) is 3.52. The summed E-state index contributed by atoms with van der Waals surface area (Å²) >= 11 is 0. The Labute approximate surface area is 202 Å². The van der Waals surface area contributed by atoms with Crippen molar-refractivity contribution in [3.05, 3.63) is 68.9 Å². The van der Waals surface area contributed by atoms with Gasteiger partial charge in [-0.25, -0.2) is 19.0 Å². The van der Waals surface area contributed by atoms with Crippen molar-refractivity contribution in [1.29, 1.82) is 0 Å². The highest BCUT2D eigenvalue weighted by Gasteiger charge is 2.25. The van der Waals surface area contributed by atoms with E-state index in [1.807, 2.05) is 25.1 Å². The van der Waals surface area contributed by atoms with Gasteiger partial charge < -0.3 is 24.7 Å². The number of fused-ring (bicyclic) bond motifs is 1. The largest absolute Gasteiger partial charge is 0.467 e. The lowest BCUT2D eigenvalue weighted by Crippen LogP contribution is -2.45. The molecule has 1 amide bonds. The quantitative estimate of drug-likeness (QED) is 0.517. The van der Waals surface area contributed by atoms with Gasteiger partial charge >= 0.3 is 17.8 Å². The molecule has 10 heteroatoms. The second kappa shape index (κ2) is 10.0. The summed E-state index contributed by atoms with van der Waals surface area (Å²) in [6, 6.07) is 10.8. The first-order valence-electron chi connectivity index (χ1n) is 11.0. The second-order valence-electron chi connectivity index (χ2n) is 9.29. The number of H-pyrrole nitrogens is 1. The molecule has 1 heterocycles. The van der Waals surface area contributed by atoms with Crippen LogP contribution in [0.4, 0.5) is 10.5 Å². The van der Waals surface area contributed by atoms with Gasteiger partial charge in [-0.3, -0.25) is 4.79 Å². The molecular weight excluding hydrogens is 452 g/mol. The number of hydrogen-bond acceptors (Lipinski definition) is 7. The highest BCUT2D eigenvalue weighted by atomic mass is 16.6. The number of benzene rings is 2. The van der Waals surface area contributed by atoms with E-state index in [4.69, 9.17) is 9.47 Å². The van der Waals surface area contributed by atoms with E-state index in [1.165, 1.54) is 7.11 Å². The molecule has 10 nitrogen and oxygen atoms in total. The monoisotopic (exact) mass is 482 g/mol. The fourth-order valence-electron chi connectivity index (χ4n) is 3.52. The number of aromatic nitrogens is 2. The van der Waals surface area contributed by atoms with E-state index in [9.17, 15) is 19.2 Å². The summed E-state index contributed by atoms with van der Waals surface area (Å²) in [6.45, 7) is 5.16. The topological polar surface area (TPSA) is 123 Å². The van der Waals surface area contributed by atoms with Gasteiger partial charge in [0.15, 0.2) is 0 Å². The van der Waals surface area contributed by atoms with Crippen LogP contribution in [0.25, 0.3) is 16.6 Å². The van der Waals surface area contributed by atoms with Crippen molar-refractivity contribution in [3.63, 3.8) is 0 Å². The highest BCUT2D eigenvalue weighted by Crippen LogP contribution is 2.17. The third kappa shape index (κ3) is 6.08. The van der Waals surface area contributed by atoms with Gasteiger partial charge in [-0.05, 0) is 56.7 Å². The summed E-state index contributed by atoms with van der Waals surface area (Å²) in [7, 11) is 4.96. The number of alkyl carbamates (subject to hydrolysis) is 1. The maximum Gasteiger partial charge on any atom is 0.408 e. The van der Waals surface area contributed by atoms with Crippen molar-refractivity contribution < 1.29 is 19.1 Å². The van der Waals surface area contributed by atoms with Crippen LogP contribution in [0.3, 0.4) is 0 Å². The van der Waals surface area contributed by atoms with Crippen LogP contribution in [-0.2, 0) is 20.7 Å². The Morgan fingerprint density at radius 3 is 2.31 bits per heavy atom. The summed E-state index contributed by atoms with van der Waals surface area (Å²) in [6.07, 6.45) is -0.614. The van der Waals surface area contributed by atoms with Crippen molar-refractivity contribution in [2.24, 2.45) is 0 Å². The second-order valence-corrected chi connectivity index (χ2v) is 9.29. The molecule has 2 N–H and O–H groups in total. The Balaban J connectivity index is 1.90. The lowest BCUT2D eigenvalue weighted by Gasteiger charge is -2.22. The predicted molar refractivity (Wildman–Crippen MR) is 133 cm³/mol. The van der Waals surface area contributed by atoms with E-state index in [-0.39, 0.29) is 6.42 Å². The van der Waals surface area contributed by atoms with Crippen LogP contribution < -0.4 is 21.5 Å². The minimum atomic E-state index is -0.975. The molecule has 0 aliphatic rings. The number of methoxy groups -OCH3 is 1. The molecule has 3 aromatic rings. The average Bonchev–Trinajstić information content (AvgIpc) is 2.77. The van der Waals surface area contributed by atoms with E-state index in [0.29, 0.717) is 22.2 Å². The standard InChI is InChI=1S/C25H30N4O6/c1-25(2,3)35-24(33)27-20(22(31)34-6)13-15-7-9-16(10-8-15)29-21(30)18-14-17(28(4)5)11-12-19(18)26-23(29)32/h7-12,14,20H,13H2,1-6H3,(H,26,32)(H,27,33)/t20-/m0/s1. The Hall–Kier alpha value is -4.08. The number of nitrogens with one attached hydrogen (secondary N) is 2. The number of esters is 1. The zero-order chi connectivity index (χ0) is 25.9. The van der Waals surface area contributed by atoms with Gasteiger partial charge in [0.1, 0.15) is 11.6 Å². The molecule has 0 radical (unpaired) electrons. The zero-order valence-corrected chi connectivity index (χ0v) is 20.7. The van der Waals surface area contributed by atoms with Gasteiger partial charge in [-0.2, -0.15) is 0 Å². The Morgan fingerprint density at radius 1 is 1.09 bits per heavy atom. The normalized spacial score (nSPS) is 12.2. The van der Waals surface area contributed by atoms with Crippen molar-refractivity contribution in [1.82, 2.24) is 14.9 Å². The number of amides is 1. The van der Waals surface area contributed by atoms with Gasteiger partial charge in [0.05, 0.1) is 23.7 Å². The molecule has 0 bridgehead atoms. The first-order chi connectivity index (χ1) is 16.4. The zero-order valence-electron chi connectivity index (χ0n) is 20.7. The minimum Gasteiger partial charge on any atom is -0.467 e. The molecule has 0 fully saturated rings. The average molecular weight is 483 g/mol. The van der Waals surface area contributed by atoms with Gasteiger partial charge in [-0.1, -0.05) is 12.1 Å². The molecule has 1 atom stereocenters. The summed E-state index contributed by atoms with van der Waals surface area (Å²) < 4.78 is 11.1. The summed E-state index contributed by atoms with van der Waals surface area (Å²) in [5.41, 5.74) is 0.598. The molecule has 35 heavy (non-hydrogen) atoms. The number of rotatable bonds is 6. The Bertz CT molecular complexity index is 1350. The van der Waals surface area contributed by atoms with E-state index >= 15 is 0 Å². The summed E-state index contributed by atoms with van der Waals surface area (Å²) in [4.78, 5) is 54.8. The Morgan fingerprint density at radius 2 is 1.74 bits per heavy atom. The van der Waals surface area contributed by atoms with Crippen LogP contribution in [0.2, 0.25) is 0 Å². The number of aromatic amines is 1. The molecule has 0 saturated heterocycles. The smallest absolute Gasteiger partial charge is 0.408 e. The molecule has 0 aliphatic heterocycles. The molecular formula is C25H30N4O6. The maximum absolute atomic E-state index is 13.2. The van der Waals surface area contributed by atoms with Crippen LogP contribution in [-0.4, -0.2) is 54.5 Å². The molecule has 2 aromatic carbocycles. The number of carbonyl (C=O) groups is 2. The molecule has 186 valence electrons. The number of ether oxygens (including phenoxy) is 2. The lowest BCUT2D eigenvalue weighted by atomic mass is 10.1. The molecule has 0 aliphatic carbocycles. The lowest BCUT2D eigenvalue weighted by molar-refractivity contribution is -0.143. The van der Waals surface area contributed by atoms with E-state index in [1.54, 1.807) is 57.2 Å². The third-order valence-corrected chi connectivity index (χ3v) is 5.21. The van der Waals surface area contributed by atoms with Gasteiger partial charge in [0.2, 0.25) is 0 Å². The fraction of sp³-hybridized carbons (Fsp3) is 0.360. The highest BCUT2D eigenvalue weighted by molar-refractivity contribution is 5.82. The van der Waals surface area contributed by atoms with Crippen molar-refractivity contribution in [3.8, 4) is 5.69 Å². The number of anilines is 1. The van der Waals surface area contributed by atoms with Crippen LogP contribution in [0, 0.1) is 0 Å². The Kier molecular flexibility index (Phi) is 7.33. The van der Waals surface area contributed by atoms with E-state index in [2.05, 4.69) is 10.3 Å². The number of hydrogen-bond donors (Lipinski definition) is 2. The predicted octanol–water partition coefficient (Wildman–Crippen LogP) is 2.35. The van der Waals surface area contributed by atoms with Gasteiger partial charge in [0.25, 0.3) is 5.56 Å². The SMILES string of the molecule is COC(=O)[C@H](Cc1ccc(-n2c(=O)[nH]c3ccc(N(C)C)cc3c2=O)cc1)NC(=O)OC(C)(C)C. The van der Waals surface area contributed by atoms with Crippen molar-refractivity contribution in [2.45, 2.75) is 38.8 Å². The van der Waals surface area contributed by atoms with E-state index in [0.717, 1.165) is 10.3 Å². The first kappa shape index (κ1) is 25.5. The number of carbonyl (C=O) groups excluding carboxylic acids is 2. The van der Waals surface area contributed by atoms with Crippen LogP contribution in [0.1, 0.15) is 26.3 Å². The summed E-state index contributed by atoms with van der Waals surface area (Å²) in [5.74, 6) is -0.626.